The SMILES string of the molecule is NC(=O)C(CCc1ccco1)Sc1cc[c]cc1. The summed E-state index contributed by atoms with van der Waals surface area (Å²) in [7, 11) is 0. The maximum absolute atomic E-state index is 11.4. The van der Waals surface area contributed by atoms with Crippen LogP contribution in [0.5, 0.6) is 0 Å². The summed E-state index contributed by atoms with van der Waals surface area (Å²) in [6.45, 7) is 0. The predicted octanol–water partition coefficient (Wildman–Crippen LogP) is 2.66. The van der Waals surface area contributed by atoms with Gasteiger partial charge in [-0.2, -0.15) is 0 Å². The van der Waals surface area contributed by atoms with E-state index in [1.54, 1.807) is 6.26 Å². The van der Waals surface area contributed by atoms with Gasteiger partial charge in [-0.1, -0.05) is 12.1 Å². The third-order valence-corrected chi connectivity index (χ3v) is 3.81. The first-order valence-electron chi connectivity index (χ1n) is 5.70. The van der Waals surface area contributed by atoms with E-state index in [4.69, 9.17) is 10.2 Å². The average molecular weight is 260 g/mol. The number of hydrogen-bond acceptors (Lipinski definition) is 3. The summed E-state index contributed by atoms with van der Waals surface area (Å²) in [6, 6.07) is 14.2. The molecule has 0 bridgehead atoms. The van der Waals surface area contributed by atoms with Crippen LogP contribution in [0.2, 0.25) is 0 Å². The number of furan rings is 1. The minimum absolute atomic E-state index is 0.238. The van der Waals surface area contributed by atoms with Crippen molar-refractivity contribution in [2.75, 3.05) is 0 Å². The van der Waals surface area contributed by atoms with Crippen LogP contribution in [-0.4, -0.2) is 11.2 Å². The number of benzene rings is 1. The lowest BCUT2D eigenvalue weighted by Crippen LogP contribution is -2.26. The van der Waals surface area contributed by atoms with Crippen LogP contribution >= 0.6 is 11.8 Å². The molecule has 0 spiro atoms. The highest BCUT2D eigenvalue weighted by Gasteiger charge is 2.17. The molecular weight excluding hydrogens is 246 g/mol. The van der Waals surface area contributed by atoms with Gasteiger partial charge in [0.25, 0.3) is 0 Å². The van der Waals surface area contributed by atoms with E-state index in [0.29, 0.717) is 12.8 Å². The van der Waals surface area contributed by atoms with Crippen molar-refractivity contribution < 1.29 is 9.21 Å². The van der Waals surface area contributed by atoms with Crippen LogP contribution in [0.4, 0.5) is 0 Å². The summed E-state index contributed by atoms with van der Waals surface area (Å²) in [5.41, 5.74) is 5.43. The van der Waals surface area contributed by atoms with E-state index >= 15 is 0 Å². The van der Waals surface area contributed by atoms with Crippen LogP contribution < -0.4 is 5.73 Å². The third kappa shape index (κ3) is 3.67. The number of primary amides is 1. The molecule has 0 saturated carbocycles. The zero-order valence-corrected chi connectivity index (χ0v) is 10.7. The van der Waals surface area contributed by atoms with Crippen molar-refractivity contribution >= 4 is 17.7 Å². The van der Waals surface area contributed by atoms with Gasteiger partial charge in [0.1, 0.15) is 5.76 Å². The summed E-state index contributed by atoms with van der Waals surface area (Å²) < 4.78 is 5.25. The number of amides is 1. The molecule has 1 radical (unpaired) electrons. The molecule has 2 aromatic rings. The lowest BCUT2D eigenvalue weighted by molar-refractivity contribution is -0.117. The zero-order chi connectivity index (χ0) is 12.8. The number of hydrogen-bond donors (Lipinski definition) is 1. The Bertz CT molecular complexity index is 482. The first-order chi connectivity index (χ1) is 8.75. The van der Waals surface area contributed by atoms with Gasteiger partial charge in [0, 0.05) is 11.3 Å². The second kappa shape index (κ2) is 6.31. The fourth-order valence-electron chi connectivity index (χ4n) is 1.60. The summed E-state index contributed by atoms with van der Waals surface area (Å²) in [4.78, 5) is 12.5. The lowest BCUT2D eigenvalue weighted by Gasteiger charge is -2.11. The first-order valence-corrected chi connectivity index (χ1v) is 6.58. The number of carbonyl (C=O) groups excluding carboxylic acids is 1. The standard InChI is InChI=1S/C14H14NO2S/c15-14(16)13(9-8-11-5-4-10-17-11)18-12-6-2-1-3-7-12/h2-7,10,13H,8-9H2,(H2,15,16). The van der Waals surface area contributed by atoms with Crippen LogP contribution in [0, 0.1) is 6.07 Å². The predicted molar refractivity (Wildman–Crippen MR) is 71.1 cm³/mol. The van der Waals surface area contributed by atoms with E-state index in [0.717, 1.165) is 10.7 Å². The Kier molecular flexibility index (Phi) is 4.47. The highest BCUT2D eigenvalue weighted by Crippen LogP contribution is 2.26. The molecule has 1 aromatic heterocycles. The van der Waals surface area contributed by atoms with E-state index < -0.39 is 0 Å². The molecule has 4 heteroatoms. The molecule has 1 aromatic carbocycles. The highest BCUT2D eigenvalue weighted by molar-refractivity contribution is 8.00. The largest absolute Gasteiger partial charge is 0.469 e. The van der Waals surface area contributed by atoms with E-state index in [9.17, 15) is 4.79 Å². The van der Waals surface area contributed by atoms with Crippen molar-refractivity contribution in [1.82, 2.24) is 0 Å². The topological polar surface area (TPSA) is 56.2 Å². The summed E-state index contributed by atoms with van der Waals surface area (Å²) >= 11 is 1.48. The first kappa shape index (κ1) is 12.8. The molecule has 93 valence electrons. The molecule has 2 rings (SSSR count). The Labute approximate surface area is 110 Å². The second-order valence-corrected chi connectivity index (χ2v) is 5.14. The Balaban J connectivity index is 1.94. The minimum Gasteiger partial charge on any atom is -0.469 e. The van der Waals surface area contributed by atoms with Gasteiger partial charge in [0.05, 0.1) is 11.5 Å². The van der Waals surface area contributed by atoms with E-state index in [-0.39, 0.29) is 11.2 Å². The monoisotopic (exact) mass is 260 g/mol. The van der Waals surface area contributed by atoms with Crippen molar-refractivity contribution in [2.24, 2.45) is 5.73 Å². The van der Waals surface area contributed by atoms with Crippen molar-refractivity contribution in [1.29, 1.82) is 0 Å². The molecule has 1 heterocycles. The van der Waals surface area contributed by atoms with E-state index in [1.165, 1.54) is 11.8 Å². The molecule has 1 unspecified atom stereocenters. The zero-order valence-electron chi connectivity index (χ0n) is 9.84. The van der Waals surface area contributed by atoms with Gasteiger partial charge in [-0.15, -0.1) is 11.8 Å². The van der Waals surface area contributed by atoms with Crippen LogP contribution in [0.15, 0.2) is 52.0 Å². The molecule has 18 heavy (non-hydrogen) atoms. The second-order valence-electron chi connectivity index (χ2n) is 3.86. The van der Waals surface area contributed by atoms with E-state index in [1.807, 2.05) is 36.4 Å². The molecule has 2 N–H and O–H groups in total. The molecule has 1 amide bonds. The highest BCUT2D eigenvalue weighted by atomic mass is 32.2. The number of aryl methyl sites for hydroxylation is 1. The van der Waals surface area contributed by atoms with Crippen LogP contribution in [0.1, 0.15) is 12.2 Å². The van der Waals surface area contributed by atoms with Gasteiger partial charge in [-0.3, -0.25) is 4.79 Å². The lowest BCUT2D eigenvalue weighted by atomic mass is 10.2. The van der Waals surface area contributed by atoms with Gasteiger partial charge in [-0.25, -0.2) is 0 Å². The fourth-order valence-corrected chi connectivity index (χ4v) is 2.58. The number of rotatable bonds is 6. The summed E-state index contributed by atoms with van der Waals surface area (Å²) in [5.74, 6) is 0.586. The Morgan fingerprint density at radius 2 is 2.17 bits per heavy atom. The van der Waals surface area contributed by atoms with Gasteiger partial charge in [0.15, 0.2) is 0 Å². The maximum atomic E-state index is 11.4. The molecular formula is C14H14NO2S. The van der Waals surface area contributed by atoms with Crippen LogP contribution in [0.25, 0.3) is 0 Å². The van der Waals surface area contributed by atoms with Gasteiger partial charge in [0.2, 0.25) is 5.91 Å². The Morgan fingerprint density at radius 1 is 1.39 bits per heavy atom. The van der Waals surface area contributed by atoms with Gasteiger partial charge >= 0.3 is 0 Å². The van der Waals surface area contributed by atoms with E-state index in [2.05, 4.69) is 6.07 Å². The smallest absolute Gasteiger partial charge is 0.230 e. The van der Waals surface area contributed by atoms with Crippen molar-refractivity contribution in [2.45, 2.75) is 23.0 Å². The molecule has 0 fully saturated rings. The average Bonchev–Trinajstić information content (AvgIpc) is 2.88. The number of thioether (sulfide) groups is 1. The van der Waals surface area contributed by atoms with Crippen LogP contribution in [0.3, 0.4) is 0 Å². The van der Waals surface area contributed by atoms with Crippen molar-refractivity contribution in [3.05, 3.63) is 54.5 Å². The molecule has 0 aliphatic heterocycles. The number of carbonyl (C=O) groups is 1. The minimum atomic E-state index is -0.292. The molecule has 0 saturated heterocycles. The Hall–Kier alpha value is -1.68. The van der Waals surface area contributed by atoms with Gasteiger partial charge < -0.3 is 10.2 Å². The number of nitrogens with two attached hydrogens (primary N) is 1. The molecule has 3 nitrogen and oxygen atoms in total. The maximum Gasteiger partial charge on any atom is 0.230 e. The van der Waals surface area contributed by atoms with Crippen molar-refractivity contribution in [3.63, 3.8) is 0 Å². The van der Waals surface area contributed by atoms with Crippen LogP contribution in [-0.2, 0) is 11.2 Å². The molecule has 1 atom stereocenters. The normalized spacial score (nSPS) is 12.2. The molecule has 0 aliphatic rings. The summed E-state index contributed by atoms with van der Waals surface area (Å²) in [6.07, 6.45) is 3.02. The van der Waals surface area contributed by atoms with Crippen molar-refractivity contribution in [3.8, 4) is 0 Å². The van der Waals surface area contributed by atoms with Gasteiger partial charge in [-0.05, 0) is 36.8 Å². The Morgan fingerprint density at radius 3 is 2.78 bits per heavy atom. The quantitative estimate of drug-likeness (QED) is 0.812. The molecule has 0 aliphatic carbocycles. The summed E-state index contributed by atoms with van der Waals surface area (Å²) in [5, 5.41) is -0.238. The third-order valence-electron chi connectivity index (χ3n) is 2.52. The fraction of sp³-hybridized carbons (Fsp3) is 0.214.